The largest absolute Gasteiger partial charge is 0.488 e. The number of nitrogens with zero attached hydrogens (tertiary/aromatic N) is 3. The molecular formula is C30H42N4O5. The zero-order valence-corrected chi connectivity index (χ0v) is 23.3. The summed E-state index contributed by atoms with van der Waals surface area (Å²) in [5.74, 6) is 0.217. The molecule has 2 aromatic carbocycles. The number of hydrogen-bond acceptors (Lipinski definition) is 7. The second-order valence-corrected chi connectivity index (χ2v) is 10.8. The minimum Gasteiger partial charge on any atom is -0.488 e. The van der Waals surface area contributed by atoms with Gasteiger partial charge < -0.3 is 24.8 Å². The predicted octanol–water partition coefficient (Wildman–Crippen LogP) is 2.70. The number of aliphatic hydroxyl groups excluding tert-OH is 1. The number of carbonyl (C=O) groups excluding carboxylic acids is 2. The van der Waals surface area contributed by atoms with Crippen molar-refractivity contribution in [2.24, 2.45) is 5.92 Å². The molecule has 0 spiro atoms. The smallest absolute Gasteiger partial charge is 0.258 e. The van der Waals surface area contributed by atoms with Crippen LogP contribution in [0.4, 0.5) is 5.69 Å². The van der Waals surface area contributed by atoms with Crippen molar-refractivity contribution in [1.82, 2.24) is 14.7 Å². The van der Waals surface area contributed by atoms with E-state index >= 15 is 0 Å². The van der Waals surface area contributed by atoms with Gasteiger partial charge in [-0.15, -0.1) is 0 Å². The maximum atomic E-state index is 13.7. The summed E-state index contributed by atoms with van der Waals surface area (Å²) < 4.78 is 11.9. The standard InChI is InChI=1S/C30H42N4O5/c1-22-18-34(23(2)21-35)30(37)26-17-25(31-29(36)11-12-33-13-15-38-16-14-33)9-10-27(26)39-28(22)20-32(3)19-24-7-5-4-6-8-24/h4-10,17,22-23,28,35H,11-16,18-21H2,1-3H3,(H,31,36)/t22-,23-,28-/m1/s1. The van der Waals surface area contributed by atoms with Crippen molar-refractivity contribution in [2.45, 2.75) is 39.0 Å². The fraction of sp³-hybridized carbons (Fsp3) is 0.533. The maximum absolute atomic E-state index is 13.7. The van der Waals surface area contributed by atoms with Crippen molar-refractivity contribution >= 4 is 17.5 Å². The van der Waals surface area contributed by atoms with Crippen LogP contribution in [0.5, 0.6) is 5.75 Å². The van der Waals surface area contributed by atoms with Gasteiger partial charge in [0.2, 0.25) is 5.91 Å². The average molecular weight is 539 g/mol. The summed E-state index contributed by atoms with van der Waals surface area (Å²) in [7, 11) is 2.07. The number of aliphatic hydroxyl groups is 1. The Kier molecular flexibility index (Phi) is 10.3. The van der Waals surface area contributed by atoms with Gasteiger partial charge in [-0.2, -0.15) is 0 Å². The molecule has 0 radical (unpaired) electrons. The Morgan fingerprint density at radius 1 is 1.18 bits per heavy atom. The van der Waals surface area contributed by atoms with Crippen LogP contribution in [0.25, 0.3) is 0 Å². The number of amides is 2. The second-order valence-electron chi connectivity index (χ2n) is 10.8. The molecule has 1 fully saturated rings. The van der Waals surface area contributed by atoms with Gasteiger partial charge in [-0.3, -0.25) is 19.4 Å². The molecule has 9 heteroatoms. The number of rotatable bonds is 10. The zero-order chi connectivity index (χ0) is 27.8. The van der Waals surface area contributed by atoms with Crippen molar-refractivity contribution in [2.75, 3.05) is 64.9 Å². The van der Waals surface area contributed by atoms with E-state index in [1.165, 1.54) is 5.56 Å². The van der Waals surface area contributed by atoms with Crippen LogP contribution in [0.3, 0.4) is 0 Å². The topological polar surface area (TPSA) is 94.6 Å². The molecule has 2 heterocycles. The average Bonchev–Trinajstić information content (AvgIpc) is 2.94. The molecule has 2 aliphatic heterocycles. The summed E-state index contributed by atoms with van der Waals surface area (Å²) >= 11 is 0. The van der Waals surface area contributed by atoms with Crippen LogP contribution in [0, 0.1) is 5.92 Å². The van der Waals surface area contributed by atoms with Gasteiger partial charge in [-0.25, -0.2) is 0 Å². The van der Waals surface area contributed by atoms with Gasteiger partial charge in [0.1, 0.15) is 11.9 Å². The van der Waals surface area contributed by atoms with Crippen LogP contribution in [-0.2, 0) is 16.1 Å². The minimum atomic E-state index is -0.347. The molecule has 1 saturated heterocycles. The molecule has 212 valence electrons. The third-order valence-corrected chi connectivity index (χ3v) is 7.49. The third kappa shape index (κ3) is 8.02. The van der Waals surface area contributed by atoms with E-state index < -0.39 is 0 Å². The van der Waals surface area contributed by atoms with Crippen LogP contribution < -0.4 is 10.1 Å². The SMILES string of the molecule is C[C@@H]1CN([C@H](C)CO)C(=O)c2cc(NC(=O)CCN3CCOCC3)ccc2O[C@@H]1CN(C)Cc1ccccc1. The zero-order valence-electron chi connectivity index (χ0n) is 23.3. The van der Waals surface area contributed by atoms with Crippen LogP contribution in [0.15, 0.2) is 48.5 Å². The van der Waals surface area contributed by atoms with Gasteiger partial charge in [0.05, 0.1) is 31.4 Å². The first-order valence-electron chi connectivity index (χ1n) is 13.9. The Bertz CT molecular complexity index is 1090. The summed E-state index contributed by atoms with van der Waals surface area (Å²) in [6, 6.07) is 15.2. The molecule has 0 unspecified atom stereocenters. The Hall–Kier alpha value is -2.98. The molecule has 0 bridgehead atoms. The van der Waals surface area contributed by atoms with Crippen molar-refractivity contribution in [1.29, 1.82) is 0 Å². The number of ether oxygens (including phenoxy) is 2. The molecule has 0 saturated carbocycles. The van der Waals surface area contributed by atoms with Gasteiger partial charge in [0.25, 0.3) is 5.91 Å². The quantitative estimate of drug-likeness (QED) is 0.480. The Balaban J connectivity index is 1.50. The Morgan fingerprint density at radius 3 is 2.64 bits per heavy atom. The number of hydrogen-bond donors (Lipinski definition) is 2. The number of likely N-dealkylation sites (N-methyl/N-ethyl adjacent to an activating group) is 1. The number of nitrogens with one attached hydrogen (secondary N) is 1. The molecule has 2 amide bonds. The van der Waals surface area contributed by atoms with E-state index in [0.717, 1.165) is 19.6 Å². The molecule has 39 heavy (non-hydrogen) atoms. The molecule has 2 aromatic rings. The monoisotopic (exact) mass is 538 g/mol. The first kappa shape index (κ1) is 29.0. The number of fused-ring (bicyclic) bond motifs is 1. The number of carbonyl (C=O) groups is 2. The number of anilines is 1. The van der Waals surface area contributed by atoms with E-state index in [1.807, 2.05) is 25.1 Å². The van der Waals surface area contributed by atoms with Crippen molar-refractivity contribution < 1.29 is 24.2 Å². The van der Waals surface area contributed by atoms with Crippen molar-refractivity contribution in [3.05, 3.63) is 59.7 Å². The highest BCUT2D eigenvalue weighted by atomic mass is 16.5. The molecule has 4 rings (SSSR count). The summed E-state index contributed by atoms with van der Waals surface area (Å²) in [6.07, 6.45) is 0.190. The number of morpholine rings is 1. The summed E-state index contributed by atoms with van der Waals surface area (Å²) in [5.41, 5.74) is 2.17. The van der Waals surface area contributed by atoms with Crippen molar-refractivity contribution in [3.63, 3.8) is 0 Å². The van der Waals surface area contributed by atoms with Crippen LogP contribution in [0.2, 0.25) is 0 Å². The third-order valence-electron chi connectivity index (χ3n) is 7.49. The highest BCUT2D eigenvalue weighted by molar-refractivity contribution is 5.99. The highest BCUT2D eigenvalue weighted by Crippen LogP contribution is 2.31. The summed E-state index contributed by atoms with van der Waals surface area (Å²) in [6.45, 7) is 9.42. The lowest BCUT2D eigenvalue weighted by Gasteiger charge is -2.38. The van der Waals surface area contributed by atoms with E-state index in [4.69, 9.17) is 9.47 Å². The van der Waals surface area contributed by atoms with Gasteiger partial charge in [0.15, 0.2) is 0 Å². The van der Waals surface area contributed by atoms with Gasteiger partial charge in [-0.1, -0.05) is 37.3 Å². The normalized spacial score (nSPS) is 21.1. The molecule has 9 nitrogen and oxygen atoms in total. The van der Waals surface area contributed by atoms with Crippen LogP contribution >= 0.6 is 0 Å². The fourth-order valence-electron chi connectivity index (χ4n) is 5.09. The van der Waals surface area contributed by atoms with Gasteiger partial charge in [0, 0.05) is 57.3 Å². The Labute approximate surface area is 231 Å². The molecule has 0 aliphatic carbocycles. The first-order chi connectivity index (χ1) is 18.8. The summed E-state index contributed by atoms with van der Waals surface area (Å²) in [5, 5.41) is 12.9. The molecule has 0 aromatic heterocycles. The van der Waals surface area contributed by atoms with Crippen LogP contribution in [-0.4, -0.2) is 103 Å². The predicted molar refractivity (Wildman–Crippen MR) is 151 cm³/mol. The second kappa shape index (κ2) is 13.9. The highest BCUT2D eigenvalue weighted by Gasteiger charge is 2.33. The lowest BCUT2D eigenvalue weighted by molar-refractivity contribution is -0.116. The molecule has 3 atom stereocenters. The van der Waals surface area contributed by atoms with E-state index in [9.17, 15) is 14.7 Å². The fourth-order valence-corrected chi connectivity index (χ4v) is 5.09. The van der Waals surface area contributed by atoms with E-state index in [2.05, 4.69) is 41.2 Å². The van der Waals surface area contributed by atoms with Gasteiger partial charge in [-0.05, 0) is 37.7 Å². The van der Waals surface area contributed by atoms with E-state index in [-0.39, 0.29) is 36.5 Å². The Morgan fingerprint density at radius 2 is 1.92 bits per heavy atom. The van der Waals surface area contributed by atoms with Crippen LogP contribution in [0.1, 0.15) is 36.2 Å². The lowest BCUT2D eigenvalue weighted by Crippen LogP contribution is -2.49. The lowest BCUT2D eigenvalue weighted by atomic mass is 9.99. The summed E-state index contributed by atoms with van der Waals surface area (Å²) in [4.78, 5) is 32.5. The van der Waals surface area contributed by atoms with Gasteiger partial charge >= 0.3 is 0 Å². The van der Waals surface area contributed by atoms with E-state index in [1.54, 1.807) is 23.1 Å². The van der Waals surface area contributed by atoms with E-state index in [0.29, 0.717) is 56.3 Å². The molecule has 2 N–H and O–H groups in total. The first-order valence-corrected chi connectivity index (χ1v) is 13.9. The minimum absolute atomic E-state index is 0.0360. The maximum Gasteiger partial charge on any atom is 0.258 e. The molecular weight excluding hydrogens is 496 g/mol. The molecule has 2 aliphatic rings. The number of benzene rings is 2. The van der Waals surface area contributed by atoms with Crippen molar-refractivity contribution in [3.8, 4) is 5.75 Å².